The summed E-state index contributed by atoms with van der Waals surface area (Å²) in [6.45, 7) is 1.98. The number of halogens is 2. The summed E-state index contributed by atoms with van der Waals surface area (Å²) in [6, 6.07) is 15.5. The number of amides is 1. The first-order valence-corrected chi connectivity index (χ1v) is 12.8. The number of aryl methyl sites for hydroxylation is 1. The van der Waals surface area contributed by atoms with Crippen molar-refractivity contribution in [2.45, 2.75) is 20.1 Å². The number of nitrogens with zero attached hydrogens (tertiary/aromatic N) is 3. The third-order valence-corrected chi connectivity index (χ3v) is 6.84. The van der Waals surface area contributed by atoms with E-state index in [1.54, 1.807) is 20.1 Å². The Kier molecular flexibility index (Phi) is 10.7. The minimum absolute atomic E-state index is 0.0553. The lowest BCUT2D eigenvalue weighted by Gasteiger charge is -2.14. The monoisotopic (exact) mass is 678 g/mol. The zero-order chi connectivity index (χ0) is 26.8. The fraction of sp³-hybridized carbons (Fsp3) is 0.231. The van der Waals surface area contributed by atoms with E-state index in [0.29, 0.717) is 39.4 Å². The number of ether oxygens (including phenoxy) is 4. The standard InChI is InChI=1S/C26H24BrIN4O5/c1-16-24(27)20(14-34-2)19(11-29)26(31-16)37-15-23(33)32-30-12-18-9-21(28)25(22(10-18)35-3)36-13-17-7-5-4-6-8-17/h4-10,12H,13-15H2,1-3H3,(H,32,33)/b30-12-. The summed E-state index contributed by atoms with van der Waals surface area (Å²) in [5.41, 5.74) is 5.57. The van der Waals surface area contributed by atoms with Gasteiger partial charge in [0.1, 0.15) is 18.2 Å². The fourth-order valence-electron chi connectivity index (χ4n) is 3.24. The van der Waals surface area contributed by atoms with Gasteiger partial charge in [0, 0.05) is 17.1 Å². The van der Waals surface area contributed by atoms with Crippen LogP contribution in [0.2, 0.25) is 0 Å². The average molecular weight is 679 g/mol. The van der Waals surface area contributed by atoms with Gasteiger partial charge < -0.3 is 18.9 Å². The van der Waals surface area contributed by atoms with Crippen LogP contribution in [-0.2, 0) is 22.7 Å². The number of benzene rings is 2. The van der Waals surface area contributed by atoms with E-state index in [-0.39, 0.29) is 24.7 Å². The summed E-state index contributed by atoms with van der Waals surface area (Å²) in [7, 11) is 3.09. The summed E-state index contributed by atoms with van der Waals surface area (Å²) in [4.78, 5) is 16.6. The molecule has 0 aliphatic rings. The molecule has 1 amide bonds. The highest BCUT2D eigenvalue weighted by Gasteiger charge is 2.18. The maximum absolute atomic E-state index is 12.3. The highest BCUT2D eigenvalue weighted by atomic mass is 127. The van der Waals surface area contributed by atoms with Crippen LogP contribution in [0.15, 0.2) is 52.0 Å². The molecule has 37 heavy (non-hydrogen) atoms. The molecule has 0 saturated heterocycles. The number of nitrogens with one attached hydrogen (secondary N) is 1. The highest BCUT2D eigenvalue weighted by Crippen LogP contribution is 2.34. The molecule has 1 N–H and O–H groups in total. The molecule has 3 aromatic rings. The van der Waals surface area contributed by atoms with Gasteiger partial charge in [-0.25, -0.2) is 10.4 Å². The molecule has 0 atom stereocenters. The van der Waals surface area contributed by atoms with Gasteiger partial charge in [-0.15, -0.1) is 0 Å². The van der Waals surface area contributed by atoms with Crippen molar-refractivity contribution in [2.75, 3.05) is 20.8 Å². The van der Waals surface area contributed by atoms with Crippen LogP contribution in [0.1, 0.15) is 27.9 Å². The molecule has 0 bridgehead atoms. The van der Waals surface area contributed by atoms with Crippen LogP contribution >= 0.6 is 38.5 Å². The molecular weight excluding hydrogens is 655 g/mol. The van der Waals surface area contributed by atoms with E-state index >= 15 is 0 Å². The molecule has 3 rings (SSSR count). The van der Waals surface area contributed by atoms with Crippen LogP contribution in [0.25, 0.3) is 0 Å². The Morgan fingerprint density at radius 1 is 1.22 bits per heavy atom. The number of hydrogen-bond donors (Lipinski definition) is 1. The van der Waals surface area contributed by atoms with Gasteiger partial charge in [-0.3, -0.25) is 4.79 Å². The second-order valence-electron chi connectivity index (χ2n) is 7.60. The maximum Gasteiger partial charge on any atom is 0.278 e. The molecule has 0 aliphatic heterocycles. The zero-order valence-corrected chi connectivity index (χ0v) is 24.1. The number of hydrazone groups is 1. The van der Waals surface area contributed by atoms with Crippen LogP contribution in [0.5, 0.6) is 17.4 Å². The van der Waals surface area contributed by atoms with E-state index in [1.165, 1.54) is 13.3 Å². The van der Waals surface area contributed by atoms with Gasteiger partial charge in [0.15, 0.2) is 18.1 Å². The van der Waals surface area contributed by atoms with Crippen LogP contribution in [0, 0.1) is 21.8 Å². The lowest BCUT2D eigenvalue weighted by Crippen LogP contribution is -2.25. The Bertz CT molecular complexity index is 1330. The van der Waals surface area contributed by atoms with E-state index in [9.17, 15) is 10.1 Å². The van der Waals surface area contributed by atoms with Crippen LogP contribution in [-0.4, -0.2) is 37.9 Å². The topological polar surface area (TPSA) is 115 Å². The van der Waals surface area contributed by atoms with Gasteiger partial charge in [-0.05, 0) is 68.7 Å². The molecule has 1 heterocycles. The number of nitriles is 1. The summed E-state index contributed by atoms with van der Waals surface area (Å²) in [5, 5.41) is 13.6. The van der Waals surface area contributed by atoms with Crippen LogP contribution in [0.4, 0.5) is 0 Å². The van der Waals surface area contributed by atoms with Crippen molar-refractivity contribution in [2.24, 2.45) is 5.10 Å². The molecule has 0 unspecified atom stereocenters. The van der Waals surface area contributed by atoms with E-state index in [1.807, 2.05) is 36.4 Å². The molecule has 0 aliphatic carbocycles. The lowest BCUT2D eigenvalue weighted by molar-refractivity contribution is -0.123. The minimum atomic E-state index is -0.514. The third-order valence-electron chi connectivity index (χ3n) is 4.99. The van der Waals surface area contributed by atoms with Crippen LogP contribution < -0.4 is 19.6 Å². The van der Waals surface area contributed by atoms with Crippen LogP contribution in [0.3, 0.4) is 0 Å². The minimum Gasteiger partial charge on any atom is -0.493 e. The highest BCUT2D eigenvalue weighted by molar-refractivity contribution is 14.1. The SMILES string of the molecule is COCc1c(Br)c(C)nc(OCC(=O)N/N=C\c2cc(I)c(OCc3ccccc3)c(OC)c2)c1C#N. The number of methoxy groups -OCH3 is 2. The van der Waals surface area contributed by atoms with Crippen molar-refractivity contribution in [3.63, 3.8) is 0 Å². The smallest absolute Gasteiger partial charge is 0.278 e. The first-order chi connectivity index (χ1) is 17.9. The van der Waals surface area contributed by atoms with E-state index in [4.69, 9.17) is 18.9 Å². The van der Waals surface area contributed by atoms with E-state index in [0.717, 1.165) is 9.13 Å². The van der Waals surface area contributed by atoms with Crippen molar-refractivity contribution in [3.8, 4) is 23.4 Å². The Morgan fingerprint density at radius 3 is 2.65 bits per heavy atom. The molecule has 0 radical (unpaired) electrons. The molecule has 9 nitrogen and oxygen atoms in total. The molecule has 1 aromatic heterocycles. The van der Waals surface area contributed by atoms with Crippen molar-refractivity contribution < 1.29 is 23.7 Å². The van der Waals surface area contributed by atoms with Crippen molar-refractivity contribution in [1.29, 1.82) is 5.26 Å². The normalized spacial score (nSPS) is 10.7. The Labute approximate surface area is 237 Å². The summed E-state index contributed by atoms with van der Waals surface area (Å²) in [6.07, 6.45) is 1.49. The largest absolute Gasteiger partial charge is 0.493 e. The molecule has 0 fully saturated rings. The first kappa shape index (κ1) is 28.4. The molecule has 11 heteroatoms. The van der Waals surface area contributed by atoms with Gasteiger partial charge in [0.2, 0.25) is 5.88 Å². The Hall–Kier alpha value is -3.21. The average Bonchev–Trinajstić information content (AvgIpc) is 2.90. The second kappa shape index (κ2) is 13.9. The molecule has 192 valence electrons. The summed E-state index contributed by atoms with van der Waals surface area (Å²) >= 11 is 5.58. The first-order valence-electron chi connectivity index (χ1n) is 10.9. The Morgan fingerprint density at radius 2 is 1.97 bits per heavy atom. The quantitative estimate of drug-likeness (QED) is 0.174. The van der Waals surface area contributed by atoms with Gasteiger partial charge in [-0.1, -0.05) is 30.3 Å². The summed E-state index contributed by atoms with van der Waals surface area (Å²) < 4.78 is 23.6. The predicted octanol–water partition coefficient (Wildman–Crippen LogP) is 4.89. The number of carbonyl (C=O) groups excluding carboxylic acids is 1. The second-order valence-corrected chi connectivity index (χ2v) is 9.56. The number of hydrogen-bond acceptors (Lipinski definition) is 8. The number of carbonyl (C=O) groups is 1. The van der Waals surface area contributed by atoms with Crippen molar-refractivity contribution in [3.05, 3.63) is 78.5 Å². The number of aromatic nitrogens is 1. The number of rotatable bonds is 11. The number of pyridine rings is 1. The third kappa shape index (κ3) is 7.64. The van der Waals surface area contributed by atoms with E-state index < -0.39 is 5.91 Å². The Balaban J connectivity index is 1.63. The van der Waals surface area contributed by atoms with Gasteiger partial charge in [-0.2, -0.15) is 10.4 Å². The maximum atomic E-state index is 12.3. The predicted molar refractivity (Wildman–Crippen MR) is 150 cm³/mol. The van der Waals surface area contributed by atoms with Crippen molar-refractivity contribution in [1.82, 2.24) is 10.4 Å². The fourth-order valence-corrected chi connectivity index (χ4v) is 4.43. The zero-order valence-electron chi connectivity index (χ0n) is 20.4. The molecular formula is C26H24BrIN4O5. The van der Waals surface area contributed by atoms with Gasteiger partial charge >= 0.3 is 0 Å². The lowest BCUT2D eigenvalue weighted by atomic mass is 10.1. The van der Waals surface area contributed by atoms with E-state index in [2.05, 4.69) is 60.1 Å². The van der Waals surface area contributed by atoms with Crippen molar-refractivity contribution >= 4 is 50.6 Å². The summed E-state index contributed by atoms with van der Waals surface area (Å²) in [5.74, 6) is 0.714. The molecule has 0 saturated carbocycles. The molecule has 0 spiro atoms. The molecule has 2 aromatic carbocycles. The van der Waals surface area contributed by atoms with Gasteiger partial charge in [0.05, 0.1) is 29.2 Å². The van der Waals surface area contributed by atoms with Gasteiger partial charge in [0.25, 0.3) is 5.91 Å².